The highest BCUT2D eigenvalue weighted by atomic mass is 35.5. The molecule has 0 fully saturated rings. The quantitative estimate of drug-likeness (QED) is 0.733. The second kappa shape index (κ2) is 6.54. The lowest BCUT2D eigenvalue weighted by Crippen LogP contribution is -2.31. The number of likely N-dealkylation sites (N-methyl/N-ethyl adjacent to an activating group) is 1. The van der Waals surface area contributed by atoms with E-state index in [1.807, 2.05) is 6.07 Å². The summed E-state index contributed by atoms with van der Waals surface area (Å²) < 4.78 is 0. The molecule has 0 spiro atoms. The first kappa shape index (κ1) is 13.1. The maximum atomic E-state index is 11.4. The van der Waals surface area contributed by atoms with E-state index in [4.69, 9.17) is 0 Å². The summed E-state index contributed by atoms with van der Waals surface area (Å²) in [5, 5.41) is 12.1. The van der Waals surface area contributed by atoms with Gasteiger partial charge in [-0.05, 0) is 7.05 Å². The summed E-state index contributed by atoms with van der Waals surface area (Å²) in [5.41, 5.74) is 0.547. The number of ketones is 1. The Bertz CT molecular complexity index is 277. The third-order valence-corrected chi connectivity index (χ3v) is 1.76. The molecule has 1 aromatic carbocycles. The van der Waals surface area contributed by atoms with Crippen LogP contribution in [0.25, 0.3) is 0 Å². The van der Waals surface area contributed by atoms with Crippen LogP contribution in [0.5, 0.6) is 0 Å². The zero-order valence-electron chi connectivity index (χ0n) is 7.93. The summed E-state index contributed by atoms with van der Waals surface area (Å²) in [5.74, 6) is -0.241. The molecule has 0 saturated heterocycles. The van der Waals surface area contributed by atoms with E-state index in [1.54, 1.807) is 31.3 Å². The van der Waals surface area contributed by atoms with E-state index in [9.17, 15) is 9.90 Å². The van der Waals surface area contributed by atoms with Crippen LogP contribution in [0.2, 0.25) is 0 Å². The smallest absolute Gasteiger partial charge is 0.192 e. The molecule has 0 aliphatic heterocycles. The predicted molar refractivity (Wildman–Crippen MR) is 58.0 cm³/mol. The molecule has 0 aliphatic carbocycles. The number of carbonyl (C=O) groups excluding carboxylic acids is 1. The van der Waals surface area contributed by atoms with Crippen LogP contribution in [0.15, 0.2) is 30.3 Å². The van der Waals surface area contributed by atoms with Crippen molar-refractivity contribution in [1.29, 1.82) is 0 Å². The Morgan fingerprint density at radius 1 is 1.43 bits per heavy atom. The second-order valence-electron chi connectivity index (χ2n) is 2.80. The van der Waals surface area contributed by atoms with Gasteiger partial charge >= 0.3 is 0 Å². The minimum atomic E-state index is -0.951. The van der Waals surface area contributed by atoms with Crippen LogP contribution in [0.3, 0.4) is 0 Å². The third kappa shape index (κ3) is 3.46. The van der Waals surface area contributed by atoms with Crippen LogP contribution in [0.1, 0.15) is 10.4 Å². The van der Waals surface area contributed by atoms with Crippen molar-refractivity contribution in [3.8, 4) is 0 Å². The van der Waals surface area contributed by atoms with Gasteiger partial charge in [-0.25, -0.2) is 0 Å². The van der Waals surface area contributed by atoms with E-state index in [0.717, 1.165) is 0 Å². The molecule has 0 heterocycles. The average Bonchev–Trinajstić information content (AvgIpc) is 2.18. The molecular weight excluding hydrogens is 202 g/mol. The van der Waals surface area contributed by atoms with Crippen molar-refractivity contribution < 1.29 is 9.90 Å². The number of aliphatic hydroxyl groups is 1. The first-order valence-electron chi connectivity index (χ1n) is 4.17. The summed E-state index contributed by atoms with van der Waals surface area (Å²) in [4.78, 5) is 11.4. The Hall–Kier alpha value is -0.900. The molecule has 0 aromatic heterocycles. The Morgan fingerprint density at radius 2 is 2.00 bits per heavy atom. The van der Waals surface area contributed by atoms with Crippen molar-refractivity contribution >= 4 is 18.2 Å². The van der Waals surface area contributed by atoms with E-state index >= 15 is 0 Å². The van der Waals surface area contributed by atoms with Crippen molar-refractivity contribution in [2.75, 3.05) is 13.6 Å². The van der Waals surface area contributed by atoms with Gasteiger partial charge in [-0.2, -0.15) is 0 Å². The molecule has 1 atom stereocenters. The third-order valence-electron chi connectivity index (χ3n) is 1.76. The average molecular weight is 216 g/mol. The van der Waals surface area contributed by atoms with Gasteiger partial charge in [0.1, 0.15) is 6.10 Å². The van der Waals surface area contributed by atoms with Crippen molar-refractivity contribution in [2.24, 2.45) is 0 Å². The first-order chi connectivity index (χ1) is 6.25. The van der Waals surface area contributed by atoms with Crippen molar-refractivity contribution in [2.45, 2.75) is 6.10 Å². The summed E-state index contributed by atoms with van der Waals surface area (Å²) >= 11 is 0. The summed E-state index contributed by atoms with van der Waals surface area (Å²) in [7, 11) is 1.70. The van der Waals surface area contributed by atoms with E-state index in [1.165, 1.54) is 0 Å². The highest BCUT2D eigenvalue weighted by molar-refractivity contribution is 5.99. The summed E-state index contributed by atoms with van der Waals surface area (Å²) in [6, 6.07) is 8.78. The maximum absolute atomic E-state index is 11.4. The monoisotopic (exact) mass is 215 g/mol. The molecule has 1 rings (SSSR count). The predicted octanol–water partition coefficient (Wildman–Crippen LogP) is 0.871. The molecule has 1 unspecified atom stereocenters. The van der Waals surface area contributed by atoms with E-state index in [0.29, 0.717) is 5.56 Å². The zero-order chi connectivity index (χ0) is 9.68. The topological polar surface area (TPSA) is 49.3 Å². The molecule has 78 valence electrons. The molecule has 0 saturated carbocycles. The highest BCUT2D eigenvalue weighted by Crippen LogP contribution is 2.02. The fourth-order valence-corrected chi connectivity index (χ4v) is 1.08. The molecule has 14 heavy (non-hydrogen) atoms. The van der Waals surface area contributed by atoms with Gasteiger partial charge in [0.15, 0.2) is 5.78 Å². The number of Topliss-reactive ketones (excluding diaryl/α,β-unsaturated/α-hetero) is 1. The summed E-state index contributed by atoms with van der Waals surface area (Å²) in [6.07, 6.45) is -0.951. The molecule has 2 N–H and O–H groups in total. The van der Waals surface area contributed by atoms with Crippen molar-refractivity contribution in [1.82, 2.24) is 5.32 Å². The van der Waals surface area contributed by atoms with Gasteiger partial charge in [0.2, 0.25) is 0 Å². The zero-order valence-corrected chi connectivity index (χ0v) is 8.75. The largest absolute Gasteiger partial charge is 0.384 e. The van der Waals surface area contributed by atoms with E-state index in [2.05, 4.69) is 5.32 Å². The molecule has 0 bridgehead atoms. The highest BCUT2D eigenvalue weighted by Gasteiger charge is 2.14. The van der Waals surface area contributed by atoms with Gasteiger partial charge < -0.3 is 10.4 Å². The molecule has 0 aliphatic rings. The minimum Gasteiger partial charge on any atom is -0.384 e. The van der Waals surface area contributed by atoms with Gasteiger partial charge in [0.25, 0.3) is 0 Å². The Balaban J connectivity index is 0.00000169. The SMILES string of the molecule is CNCC(O)C(=O)c1ccccc1.Cl. The number of rotatable bonds is 4. The van der Waals surface area contributed by atoms with Crippen LogP contribution in [-0.4, -0.2) is 30.6 Å². The standard InChI is InChI=1S/C10H13NO2.ClH/c1-11-7-9(12)10(13)8-5-3-2-4-6-8;/h2-6,9,11-12H,7H2,1H3;1H. The van der Waals surface area contributed by atoms with Gasteiger partial charge in [0, 0.05) is 12.1 Å². The number of aliphatic hydroxyl groups excluding tert-OH is 1. The first-order valence-corrected chi connectivity index (χ1v) is 4.17. The van der Waals surface area contributed by atoms with Gasteiger partial charge in [-0.1, -0.05) is 30.3 Å². The molecule has 4 heteroatoms. The molecular formula is C10H14ClNO2. The van der Waals surface area contributed by atoms with Crippen LogP contribution in [0, 0.1) is 0 Å². The minimum absolute atomic E-state index is 0. The molecule has 0 amide bonds. The van der Waals surface area contributed by atoms with Crippen molar-refractivity contribution in [3.63, 3.8) is 0 Å². The van der Waals surface area contributed by atoms with Crippen LogP contribution in [0.4, 0.5) is 0 Å². The molecule has 1 aromatic rings. The normalized spacial score (nSPS) is 11.6. The number of hydrogen-bond acceptors (Lipinski definition) is 3. The van der Waals surface area contributed by atoms with Crippen molar-refractivity contribution in [3.05, 3.63) is 35.9 Å². The summed E-state index contributed by atoms with van der Waals surface area (Å²) in [6.45, 7) is 0.285. The van der Waals surface area contributed by atoms with Gasteiger partial charge in [-0.15, -0.1) is 12.4 Å². The van der Waals surface area contributed by atoms with E-state index in [-0.39, 0.29) is 24.7 Å². The molecule has 3 nitrogen and oxygen atoms in total. The Kier molecular flexibility index (Phi) is 6.12. The number of carbonyl (C=O) groups is 1. The van der Waals surface area contributed by atoms with E-state index < -0.39 is 6.10 Å². The van der Waals surface area contributed by atoms with Crippen LogP contribution in [-0.2, 0) is 0 Å². The lowest BCUT2D eigenvalue weighted by atomic mass is 10.1. The lowest BCUT2D eigenvalue weighted by molar-refractivity contribution is 0.0750. The van der Waals surface area contributed by atoms with Gasteiger partial charge in [0.05, 0.1) is 0 Å². The fourth-order valence-electron chi connectivity index (χ4n) is 1.08. The maximum Gasteiger partial charge on any atom is 0.192 e. The number of nitrogens with one attached hydrogen (secondary N) is 1. The van der Waals surface area contributed by atoms with Gasteiger partial charge in [-0.3, -0.25) is 4.79 Å². The lowest BCUT2D eigenvalue weighted by Gasteiger charge is -2.07. The Labute approximate surface area is 89.5 Å². The number of benzene rings is 1. The molecule has 0 radical (unpaired) electrons. The second-order valence-corrected chi connectivity index (χ2v) is 2.80. The fraction of sp³-hybridized carbons (Fsp3) is 0.300. The van der Waals surface area contributed by atoms with Crippen LogP contribution < -0.4 is 5.32 Å². The number of halogens is 1. The van der Waals surface area contributed by atoms with Crippen LogP contribution >= 0.6 is 12.4 Å². The number of hydrogen-bond donors (Lipinski definition) is 2. The Morgan fingerprint density at radius 3 is 2.50 bits per heavy atom.